The van der Waals surface area contributed by atoms with E-state index in [0.717, 1.165) is 44.9 Å². The minimum Gasteiger partial charge on any atom is -0.343 e. The van der Waals surface area contributed by atoms with E-state index in [0.29, 0.717) is 18.2 Å². The average molecular weight is 263 g/mol. The van der Waals surface area contributed by atoms with Crippen LogP contribution in [0.25, 0.3) is 0 Å². The number of likely N-dealkylation sites (tertiary alicyclic amines) is 1. The maximum atomic E-state index is 11.8. The molecule has 0 aromatic carbocycles. The standard InChI is InChI=1S/C13H26N2O.ClH/c1-4-14-10-12-5-7-15(8-6-12)13(16)9-11(2)3;/h11-12,14H,4-10H2,1-3H3;1H. The van der Waals surface area contributed by atoms with Crippen molar-refractivity contribution in [3.63, 3.8) is 0 Å². The Kier molecular flexibility index (Phi) is 8.61. The van der Waals surface area contributed by atoms with Gasteiger partial charge in [-0.05, 0) is 37.8 Å². The van der Waals surface area contributed by atoms with E-state index in [2.05, 4.69) is 26.1 Å². The highest BCUT2D eigenvalue weighted by Crippen LogP contribution is 2.17. The van der Waals surface area contributed by atoms with Gasteiger partial charge in [0.25, 0.3) is 0 Å². The smallest absolute Gasteiger partial charge is 0.222 e. The van der Waals surface area contributed by atoms with Gasteiger partial charge < -0.3 is 10.2 Å². The van der Waals surface area contributed by atoms with Gasteiger partial charge in [0.15, 0.2) is 0 Å². The highest BCUT2D eigenvalue weighted by atomic mass is 35.5. The zero-order valence-corrected chi connectivity index (χ0v) is 12.2. The molecule has 0 aromatic rings. The van der Waals surface area contributed by atoms with Crippen LogP contribution in [0, 0.1) is 11.8 Å². The van der Waals surface area contributed by atoms with Gasteiger partial charge in [0.05, 0.1) is 0 Å². The fraction of sp³-hybridized carbons (Fsp3) is 0.923. The minimum atomic E-state index is 0. The van der Waals surface area contributed by atoms with Gasteiger partial charge in [-0.15, -0.1) is 12.4 Å². The third kappa shape index (κ3) is 6.27. The number of amides is 1. The fourth-order valence-corrected chi connectivity index (χ4v) is 2.21. The average Bonchev–Trinajstić information content (AvgIpc) is 2.26. The van der Waals surface area contributed by atoms with Crippen LogP contribution in [0.3, 0.4) is 0 Å². The van der Waals surface area contributed by atoms with Crippen molar-refractivity contribution < 1.29 is 4.79 Å². The molecular weight excluding hydrogens is 236 g/mol. The van der Waals surface area contributed by atoms with Gasteiger partial charge in [-0.25, -0.2) is 0 Å². The number of carbonyl (C=O) groups is 1. The number of hydrogen-bond acceptors (Lipinski definition) is 2. The summed E-state index contributed by atoms with van der Waals surface area (Å²) in [4.78, 5) is 13.9. The van der Waals surface area contributed by atoms with Crippen LogP contribution in [0.2, 0.25) is 0 Å². The molecular formula is C13H27ClN2O. The molecule has 3 nitrogen and oxygen atoms in total. The molecule has 0 spiro atoms. The van der Waals surface area contributed by atoms with Gasteiger partial charge in [-0.1, -0.05) is 20.8 Å². The lowest BCUT2D eigenvalue weighted by atomic mass is 9.96. The number of nitrogens with one attached hydrogen (secondary N) is 1. The first kappa shape index (κ1) is 16.7. The topological polar surface area (TPSA) is 32.3 Å². The van der Waals surface area contributed by atoms with E-state index >= 15 is 0 Å². The molecule has 0 radical (unpaired) electrons. The van der Waals surface area contributed by atoms with Crippen molar-refractivity contribution in [2.24, 2.45) is 11.8 Å². The Morgan fingerprint density at radius 1 is 1.35 bits per heavy atom. The second-order valence-corrected chi connectivity index (χ2v) is 5.23. The molecule has 4 heteroatoms. The van der Waals surface area contributed by atoms with Crippen molar-refractivity contribution in [3.05, 3.63) is 0 Å². The van der Waals surface area contributed by atoms with E-state index in [1.165, 1.54) is 0 Å². The zero-order valence-electron chi connectivity index (χ0n) is 11.4. The molecule has 1 amide bonds. The van der Waals surface area contributed by atoms with Crippen molar-refractivity contribution in [2.75, 3.05) is 26.2 Å². The zero-order chi connectivity index (χ0) is 12.0. The Balaban J connectivity index is 0.00000256. The molecule has 0 aromatic heterocycles. The highest BCUT2D eigenvalue weighted by Gasteiger charge is 2.22. The van der Waals surface area contributed by atoms with Crippen molar-refractivity contribution in [2.45, 2.75) is 40.0 Å². The van der Waals surface area contributed by atoms with Crippen molar-refractivity contribution in [1.82, 2.24) is 10.2 Å². The summed E-state index contributed by atoms with van der Waals surface area (Å²) in [6.45, 7) is 10.4. The Hall–Kier alpha value is -0.280. The number of rotatable bonds is 5. The van der Waals surface area contributed by atoms with Crippen LogP contribution < -0.4 is 5.32 Å². The summed E-state index contributed by atoms with van der Waals surface area (Å²) in [6.07, 6.45) is 3.03. The summed E-state index contributed by atoms with van der Waals surface area (Å²) in [7, 11) is 0. The number of halogens is 1. The van der Waals surface area contributed by atoms with Gasteiger partial charge in [-0.3, -0.25) is 4.79 Å². The normalized spacial score (nSPS) is 17.1. The molecule has 17 heavy (non-hydrogen) atoms. The van der Waals surface area contributed by atoms with Crippen LogP contribution in [0.4, 0.5) is 0 Å². The summed E-state index contributed by atoms with van der Waals surface area (Å²) >= 11 is 0. The molecule has 1 fully saturated rings. The van der Waals surface area contributed by atoms with Gasteiger partial charge in [-0.2, -0.15) is 0 Å². The number of nitrogens with zero attached hydrogens (tertiary/aromatic N) is 1. The van der Waals surface area contributed by atoms with Crippen LogP contribution in [-0.2, 0) is 4.79 Å². The Morgan fingerprint density at radius 3 is 2.41 bits per heavy atom. The maximum Gasteiger partial charge on any atom is 0.222 e. The third-order valence-corrected chi connectivity index (χ3v) is 3.23. The molecule has 102 valence electrons. The van der Waals surface area contributed by atoms with Crippen LogP contribution in [0.1, 0.15) is 40.0 Å². The van der Waals surface area contributed by atoms with E-state index in [1.807, 2.05) is 4.90 Å². The number of hydrogen-bond donors (Lipinski definition) is 1. The molecule has 1 aliphatic rings. The second kappa shape index (κ2) is 8.76. The van der Waals surface area contributed by atoms with E-state index in [4.69, 9.17) is 0 Å². The van der Waals surface area contributed by atoms with Crippen molar-refractivity contribution >= 4 is 18.3 Å². The van der Waals surface area contributed by atoms with E-state index in [9.17, 15) is 4.79 Å². The summed E-state index contributed by atoms with van der Waals surface area (Å²) in [5, 5.41) is 3.39. The Labute approximate surface area is 112 Å². The molecule has 1 aliphatic heterocycles. The highest BCUT2D eigenvalue weighted by molar-refractivity contribution is 5.85. The fourth-order valence-electron chi connectivity index (χ4n) is 2.21. The Bertz CT molecular complexity index is 213. The van der Waals surface area contributed by atoms with Gasteiger partial charge in [0, 0.05) is 19.5 Å². The first-order valence-corrected chi connectivity index (χ1v) is 6.62. The molecule has 0 atom stereocenters. The van der Waals surface area contributed by atoms with Crippen LogP contribution in [0.5, 0.6) is 0 Å². The predicted octanol–water partition coefficient (Wildman–Crippen LogP) is 2.30. The van der Waals surface area contributed by atoms with Crippen LogP contribution in [-0.4, -0.2) is 37.0 Å². The van der Waals surface area contributed by atoms with Gasteiger partial charge in [0.1, 0.15) is 0 Å². The van der Waals surface area contributed by atoms with E-state index in [-0.39, 0.29) is 12.4 Å². The second-order valence-electron chi connectivity index (χ2n) is 5.23. The minimum absolute atomic E-state index is 0. The molecule has 0 unspecified atom stereocenters. The molecule has 0 saturated carbocycles. The molecule has 1 saturated heterocycles. The molecule has 1 N–H and O–H groups in total. The molecule has 0 aliphatic carbocycles. The van der Waals surface area contributed by atoms with Crippen molar-refractivity contribution in [1.29, 1.82) is 0 Å². The summed E-state index contributed by atoms with van der Waals surface area (Å²) in [6, 6.07) is 0. The van der Waals surface area contributed by atoms with Crippen LogP contribution >= 0.6 is 12.4 Å². The first-order chi connectivity index (χ1) is 7.63. The monoisotopic (exact) mass is 262 g/mol. The molecule has 0 bridgehead atoms. The Morgan fingerprint density at radius 2 is 1.94 bits per heavy atom. The number of piperidine rings is 1. The summed E-state index contributed by atoms with van der Waals surface area (Å²) < 4.78 is 0. The lowest BCUT2D eigenvalue weighted by Crippen LogP contribution is -2.41. The maximum absolute atomic E-state index is 11.8. The number of carbonyl (C=O) groups excluding carboxylic acids is 1. The van der Waals surface area contributed by atoms with Crippen molar-refractivity contribution in [3.8, 4) is 0 Å². The SMILES string of the molecule is CCNCC1CCN(C(=O)CC(C)C)CC1.Cl. The third-order valence-electron chi connectivity index (χ3n) is 3.23. The van der Waals surface area contributed by atoms with Gasteiger partial charge in [0.2, 0.25) is 5.91 Å². The largest absolute Gasteiger partial charge is 0.343 e. The van der Waals surface area contributed by atoms with Crippen LogP contribution in [0.15, 0.2) is 0 Å². The molecule has 1 heterocycles. The lowest BCUT2D eigenvalue weighted by Gasteiger charge is -2.32. The first-order valence-electron chi connectivity index (χ1n) is 6.62. The predicted molar refractivity (Wildman–Crippen MR) is 74.6 cm³/mol. The van der Waals surface area contributed by atoms with E-state index in [1.54, 1.807) is 0 Å². The lowest BCUT2D eigenvalue weighted by molar-refractivity contribution is -0.133. The quantitative estimate of drug-likeness (QED) is 0.825. The summed E-state index contributed by atoms with van der Waals surface area (Å²) in [5.74, 6) is 1.59. The summed E-state index contributed by atoms with van der Waals surface area (Å²) in [5.41, 5.74) is 0. The van der Waals surface area contributed by atoms with E-state index < -0.39 is 0 Å². The van der Waals surface area contributed by atoms with Gasteiger partial charge >= 0.3 is 0 Å². The molecule has 1 rings (SSSR count).